The summed E-state index contributed by atoms with van der Waals surface area (Å²) < 4.78 is 0. The first-order valence-electron chi connectivity index (χ1n) is 4.03. The summed E-state index contributed by atoms with van der Waals surface area (Å²) in [6, 6.07) is 0. The lowest BCUT2D eigenvalue weighted by Crippen LogP contribution is -2.00. The van der Waals surface area contributed by atoms with Gasteiger partial charge < -0.3 is 0 Å². The lowest BCUT2D eigenvalue weighted by atomic mass is 9.93. The molecule has 1 heteroatoms. The van der Waals surface area contributed by atoms with Gasteiger partial charge in [0.2, 0.25) is 0 Å². The fourth-order valence-corrected chi connectivity index (χ4v) is 1.23. The number of hydrogen-bond acceptors (Lipinski definition) is 1. The summed E-state index contributed by atoms with van der Waals surface area (Å²) in [6.07, 6.45) is 2.99. The second kappa shape index (κ2) is 5.25. The van der Waals surface area contributed by atoms with Crippen molar-refractivity contribution in [3.63, 3.8) is 0 Å². The fraction of sp³-hybridized carbons (Fsp3) is 0.778. The van der Waals surface area contributed by atoms with E-state index in [2.05, 4.69) is 13.8 Å². The van der Waals surface area contributed by atoms with Gasteiger partial charge >= 0.3 is 0 Å². The minimum absolute atomic E-state index is 0.475. The van der Waals surface area contributed by atoms with E-state index >= 15 is 0 Å². The van der Waals surface area contributed by atoms with Gasteiger partial charge in [-0.2, -0.15) is 0 Å². The molecule has 0 amide bonds. The molecule has 1 nitrogen and oxygen atoms in total. The van der Waals surface area contributed by atoms with Crippen LogP contribution in [0, 0.1) is 5.92 Å². The highest BCUT2D eigenvalue weighted by Crippen LogP contribution is 2.18. The molecule has 0 aliphatic heterocycles. The molecule has 0 spiro atoms. The van der Waals surface area contributed by atoms with E-state index in [1.807, 2.05) is 12.9 Å². The molecule has 0 atom stereocenters. The Labute approximate surface area is 63.1 Å². The quantitative estimate of drug-likeness (QED) is 0.548. The molecule has 0 heterocycles. The predicted molar refractivity (Wildman–Crippen MR) is 43.6 cm³/mol. The average molecular weight is 140 g/mol. The van der Waals surface area contributed by atoms with E-state index in [0.29, 0.717) is 5.92 Å². The van der Waals surface area contributed by atoms with Crippen molar-refractivity contribution < 1.29 is 4.79 Å². The summed E-state index contributed by atoms with van der Waals surface area (Å²) in [6.45, 7) is 6.24. The van der Waals surface area contributed by atoms with Gasteiger partial charge in [0, 0.05) is 5.57 Å². The molecule has 0 rings (SSSR count). The maximum absolute atomic E-state index is 10.3. The maximum Gasteiger partial charge on any atom is 0.123 e. The molecule has 0 bridgehead atoms. The molecular formula is C9H16O. The van der Waals surface area contributed by atoms with Gasteiger partial charge in [-0.1, -0.05) is 20.8 Å². The molecule has 10 heavy (non-hydrogen) atoms. The van der Waals surface area contributed by atoms with Crippen LogP contribution in [-0.4, -0.2) is 5.94 Å². The Morgan fingerprint density at radius 3 is 1.90 bits per heavy atom. The minimum Gasteiger partial charge on any atom is -0.234 e. The van der Waals surface area contributed by atoms with Gasteiger partial charge in [-0.15, -0.1) is 0 Å². The maximum atomic E-state index is 10.3. The lowest BCUT2D eigenvalue weighted by molar-refractivity contribution is 0.534. The van der Waals surface area contributed by atoms with Gasteiger partial charge in [-0.05, 0) is 25.2 Å². The van der Waals surface area contributed by atoms with Crippen LogP contribution in [0.2, 0.25) is 0 Å². The summed E-state index contributed by atoms with van der Waals surface area (Å²) in [7, 11) is 0. The number of rotatable bonds is 4. The van der Waals surface area contributed by atoms with Crippen LogP contribution in [0.1, 0.15) is 40.0 Å². The largest absolute Gasteiger partial charge is 0.234 e. The van der Waals surface area contributed by atoms with Gasteiger partial charge in [0.05, 0.1) is 0 Å². The summed E-state index contributed by atoms with van der Waals surface area (Å²) in [5.74, 6) is 2.49. The molecule has 0 aromatic heterocycles. The zero-order valence-electron chi connectivity index (χ0n) is 7.11. The van der Waals surface area contributed by atoms with Crippen LogP contribution in [-0.2, 0) is 4.79 Å². The van der Waals surface area contributed by atoms with E-state index in [4.69, 9.17) is 0 Å². The minimum atomic E-state index is 0.475. The van der Waals surface area contributed by atoms with E-state index in [1.54, 1.807) is 0 Å². The van der Waals surface area contributed by atoms with Gasteiger partial charge in [-0.25, -0.2) is 4.79 Å². The Hall–Kier alpha value is -0.550. The molecule has 0 N–H and O–H groups in total. The molecule has 0 aliphatic rings. The number of hydrogen-bond donors (Lipinski definition) is 0. The second-order valence-corrected chi connectivity index (χ2v) is 2.49. The van der Waals surface area contributed by atoms with E-state index in [0.717, 1.165) is 24.8 Å². The first-order valence-corrected chi connectivity index (χ1v) is 4.03. The normalized spacial score (nSPS) is 9.60. The van der Waals surface area contributed by atoms with Crippen molar-refractivity contribution in [2.75, 3.05) is 0 Å². The highest BCUT2D eigenvalue weighted by atomic mass is 16.1. The average Bonchev–Trinajstić information content (AvgIpc) is 2.00. The summed E-state index contributed by atoms with van der Waals surface area (Å²) in [5.41, 5.74) is 0.949. The van der Waals surface area contributed by atoms with Crippen molar-refractivity contribution >= 4 is 5.94 Å². The lowest BCUT2D eigenvalue weighted by Gasteiger charge is -2.10. The Morgan fingerprint density at radius 2 is 1.80 bits per heavy atom. The van der Waals surface area contributed by atoms with Gasteiger partial charge in [-0.3, -0.25) is 0 Å². The molecular weight excluding hydrogens is 124 g/mol. The Bertz CT molecular complexity index is 128. The van der Waals surface area contributed by atoms with E-state index in [9.17, 15) is 4.79 Å². The summed E-state index contributed by atoms with van der Waals surface area (Å²) in [5, 5.41) is 0. The molecule has 0 saturated carbocycles. The van der Waals surface area contributed by atoms with Gasteiger partial charge in [0.1, 0.15) is 5.94 Å². The predicted octanol–water partition coefficient (Wildman–Crippen LogP) is 2.59. The Kier molecular flexibility index (Phi) is 4.96. The molecule has 0 aromatic carbocycles. The third-order valence-electron chi connectivity index (χ3n) is 1.99. The van der Waals surface area contributed by atoms with Crippen LogP contribution in [0.5, 0.6) is 0 Å². The third kappa shape index (κ3) is 2.36. The third-order valence-corrected chi connectivity index (χ3v) is 1.99. The zero-order chi connectivity index (χ0) is 7.98. The number of allylic oxidation sites excluding steroid dienone is 1. The van der Waals surface area contributed by atoms with Crippen molar-refractivity contribution in [3.8, 4) is 0 Å². The molecule has 58 valence electrons. The smallest absolute Gasteiger partial charge is 0.123 e. The SMILES string of the molecule is CCC(=C=O)C(CC)CC. The van der Waals surface area contributed by atoms with E-state index in [-0.39, 0.29) is 0 Å². The highest BCUT2D eigenvalue weighted by Gasteiger charge is 2.08. The number of carbonyl (C=O) groups excluding carboxylic acids is 1. The first-order chi connectivity index (χ1) is 4.79. The topological polar surface area (TPSA) is 17.1 Å². The molecule has 0 aromatic rings. The van der Waals surface area contributed by atoms with Crippen LogP contribution in [0.25, 0.3) is 0 Å². The van der Waals surface area contributed by atoms with Crippen molar-refractivity contribution in [1.82, 2.24) is 0 Å². The van der Waals surface area contributed by atoms with Crippen LogP contribution in [0.3, 0.4) is 0 Å². The molecule has 0 saturated heterocycles. The fourth-order valence-electron chi connectivity index (χ4n) is 1.23. The summed E-state index contributed by atoms with van der Waals surface area (Å²) in [4.78, 5) is 10.3. The van der Waals surface area contributed by atoms with Crippen molar-refractivity contribution in [1.29, 1.82) is 0 Å². The molecule has 0 radical (unpaired) electrons. The van der Waals surface area contributed by atoms with E-state index < -0.39 is 0 Å². The standard InChI is InChI=1S/C9H16O/c1-4-8(5-2)9(6-3)7-10/h8H,4-6H2,1-3H3. The monoisotopic (exact) mass is 140 g/mol. The molecule has 0 unspecified atom stereocenters. The van der Waals surface area contributed by atoms with Crippen molar-refractivity contribution in [2.24, 2.45) is 5.92 Å². The zero-order valence-corrected chi connectivity index (χ0v) is 7.11. The summed E-state index contributed by atoms with van der Waals surface area (Å²) >= 11 is 0. The molecule has 0 fully saturated rings. The van der Waals surface area contributed by atoms with Crippen molar-refractivity contribution in [3.05, 3.63) is 5.57 Å². The Morgan fingerprint density at radius 1 is 1.30 bits per heavy atom. The highest BCUT2D eigenvalue weighted by molar-refractivity contribution is 5.52. The van der Waals surface area contributed by atoms with Crippen LogP contribution in [0.15, 0.2) is 5.57 Å². The first kappa shape index (κ1) is 9.45. The van der Waals surface area contributed by atoms with Crippen LogP contribution in [0.4, 0.5) is 0 Å². The second-order valence-electron chi connectivity index (χ2n) is 2.49. The van der Waals surface area contributed by atoms with Crippen LogP contribution < -0.4 is 0 Å². The molecule has 0 aliphatic carbocycles. The van der Waals surface area contributed by atoms with E-state index in [1.165, 1.54) is 0 Å². The van der Waals surface area contributed by atoms with Crippen LogP contribution >= 0.6 is 0 Å². The van der Waals surface area contributed by atoms with Gasteiger partial charge in [0.25, 0.3) is 0 Å². The Balaban J connectivity index is 4.10. The van der Waals surface area contributed by atoms with Gasteiger partial charge in [0.15, 0.2) is 0 Å². The van der Waals surface area contributed by atoms with Crippen molar-refractivity contribution in [2.45, 2.75) is 40.0 Å².